The second-order valence-electron chi connectivity index (χ2n) is 10.3. The molecule has 1 atom stereocenters. The van der Waals surface area contributed by atoms with E-state index in [1.807, 2.05) is 0 Å². The standard InChI is InChI=1S/C28H33N3O/c1-18-26(12-5-20-4-7-23(16-19-2-3-19)29-30-28(18)20)21-6-13-27-22(17-21)14-15-31(27)24-8-10-25(32)11-9-24/h5-6,12-15,17,19-20,24-25,32H,2-4,7-11,16H2,1H3. The van der Waals surface area contributed by atoms with E-state index in [2.05, 4.69) is 54.1 Å². The van der Waals surface area contributed by atoms with Gasteiger partial charge in [0.05, 0.1) is 11.8 Å². The highest BCUT2D eigenvalue weighted by Crippen LogP contribution is 2.37. The number of rotatable bonds is 4. The van der Waals surface area contributed by atoms with Crippen molar-refractivity contribution >= 4 is 27.9 Å². The fourth-order valence-electron chi connectivity index (χ4n) is 5.82. The largest absolute Gasteiger partial charge is 0.393 e. The zero-order chi connectivity index (χ0) is 21.7. The van der Waals surface area contributed by atoms with Crippen molar-refractivity contribution in [2.45, 2.75) is 76.9 Å². The summed E-state index contributed by atoms with van der Waals surface area (Å²) in [6.45, 7) is 2.22. The van der Waals surface area contributed by atoms with Crippen LogP contribution in [0.4, 0.5) is 0 Å². The van der Waals surface area contributed by atoms with Crippen molar-refractivity contribution in [3.8, 4) is 0 Å². The topological polar surface area (TPSA) is 49.9 Å². The second-order valence-corrected chi connectivity index (χ2v) is 10.3. The minimum Gasteiger partial charge on any atom is -0.393 e. The molecule has 4 nitrogen and oxygen atoms in total. The van der Waals surface area contributed by atoms with Crippen LogP contribution in [0.2, 0.25) is 0 Å². The fourth-order valence-corrected chi connectivity index (χ4v) is 5.82. The Kier molecular flexibility index (Phi) is 5.14. The molecule has 2 fully saturated rings. The van der Waals surface area contributed by atoms with E-state index in [9.17, 15) is 5.11 Å². The van der Waals surface area contributed by atoms with Gasteiger partial charge in [-0.05, 0) is 106 Å². The van der Waals surface area contributed by atoms with Gasteiger partial charge in [-0.1, -0.05) is 18.2 Å². The molecule has 0 bridgehead atoms. The van der Waals surface area contributed by atoms with Crippen LogP contribution in [0.5, 0.6) is 0 Å². The number of aliphatic hydroxyl groups excluding tert-OH is 1. The maximum atomic E-state index is 9.86. The molecule has 0 saturated heterocycles. The van der Waals surface area contributed by atoms with E-state index in [4.69, 9.17) is 10.2 Å². The zero-order valence-electron chi connectivity index (χ0n) is 19.0. The Bertz CT molecular complexity index is 1150. The number of fused-ring (bicyclic) bond motifs is 2. The van der Waals surface area contributed by atoms with Crippen molar-refractivity contribution in [2.24, 2.45) is 22.0 Å². The molecular formula is C28H33N3O. The molecule has 32 heavy (non-hydrogen) atoms. The number of aromatic nitrogens is 1. The van der Waals surface area contributed by atoms with Gasteiger partial charge in [0, 0.05) is 34.8 Å². The molecule has 6 rings (SSSR count). The number of allylic oxidation sites excluding steroid dienone is 4. The first-order valence-corrected chi connectivity index (χ1v) is 12.5. The van der Waals surface area contributed by atoms with Gasteiger partial charge in [0.2, 0.25) is 0 Å². The summed E-state index contributed by atoms with van der Waals surface area (Å²) < 4.78 is 2.42. The first-order valence-electron chi connectivity index (χ1n) is 12.5. The Morgan fingerprint density at radius 2 is 1.84 bits per heavy atom. The highest BCUT2D eigenvalue weighted by Gasteiger charge is 2.28. The van der Waals surface area contributed by atoms with Crippen LogP contribution in [-0.2, 0) is 0 Å². The van der Waals surface area contributed by atoms with Crippen LogP contribution in [0, 0.1) is 11.8 Å². The second kappa shape index (κ2) is 8.15. The van der Waals surface area contributed by atoms with Crippen molar-refractivity contribution in [1.29, 1.82) is 0 Å². The van der Waals surface area contributed by atoms with Gasteiger partial charge in [-0.2, -0.15) is 10.2 Å². The Hall–Kier alpha value is -2.46. The Morgan fingerprint density at radius 3 is 2.66 bits per heavy atom. The van der Waals surface area contributed by atoms with Crippen LogP contribution in [0.1, 0.15) is 76.3 Å². The van der Waals surface area contributed by atoms with Crippen molar-refractivity contribution in [3.63, 3.8) is 0 Å². The monoisotopic (exact) mass is 427 g/mol. The van der Waals surface area contributed by atoms with E-state index in [-0.39, 0.29) is 6.10 Å². The molecule has 1 aromatic heterocycles. The van der Waals surface area contributed by atoms with Gasteiger partial charge in [0.15, 0.2) is 0 Å². The maximum absolute atomic E-state index is 9.86. The molecule has 2 saturated carbocycles. The summed E-state index contributed by atoms with van der Waals surface area (Å²) in [6, 6.07) is 9.61. The molecule has 1 N–H and O–H groups in total. The highest BCUT2D eigenvalue weighted by molar-refractivity contribution is 6.12. The Balaban J connectivity index is 1.29. The summed E-state index contributed by atoms with van der Waals surface area (Å²) in [5.74, 6) is 1.26. The van der Waals surface area contributed by atoms with Crippen molar-refractivity contribution in [2.75, 3.05) is 0 Å². The first kappa shape index (κ1) is 20.2. The lowest BCUT2D eigenvalue weighted by Gasteiger charge is -2.27. The third kappa shape index (κ3) is 3.79. The van der Waals surface area contributed by atoms with Crippen molar-refractivity contribution in [1.82, 2.24) is 4.57 Å². The third-order valence-corrected chi connectivity index (χ3v) is 7.99. The predicted molar refractivity (Wildman–Crippen MR) is 132 cm³/mol. The molecule has 2 aromatic rings. The van der Waals surface area contributed by atoms with Gasteiger partial charge in [-0.3, -0.25) is 0 Å². The molecular weight excluding hydrogens is 394 g/mol. The van der Waals surface area contributed by atoms with Gasteiger partial charge >= 0.3 is 0 Å². The summed E-state index contributed by atoms with van der Waals surface area (Å²) in [5, 5.41) is 20.6. The molecule has 3 aliphatic carbocycles. The SMILES string of the molecule is CC1=C(c2ccc3c(ccn3C3CCC(O)CC3)c2)C=CC2CCC(CC3CC3)=NN=C12. The molecule has 0 amide bonds. The molecule has 1 aliphatic heterocycles. The summed E-state index contributed by atoms with van der Waals surface area (Å²) >= 11 is 0. The number of benzene rings is 1. The van der Waals surface area contributed by atoms with Gasteiger partial charge in [-0.15, -0.1) is 0 Å². The van der Waals surface area contributed by atoms with Gasteiger partial charge in [0.25, 0.3) is 0 Å². The Labute approximate surface area is 190 Å². The van der Waals surface area contributed by atoms with Crippen LogP contribution < -0.4 is 0 Å². The quantitative estimate of drug-likeness (QED) is 0.597. The molecule has 4 heteroatoms. The summed E-state index contributed by atoms with van der Waals surface area (Å²) in [4.78, 5) is 0. The van der Waals surface area contributed by atoms with E-state index in [1.165, 1.54) is 46.2 Å². The third-order valence-electron chi connectivity index (χ3n) is 7.99. The number of hydrogen-bond donors (Lipinski definition) is 1. The fraction of sp³-hybridized carbons (Fsp3) is 0.500. The molecule has 4 aliphatic rings. The van der Waals surface area contributed by atoms with Gasteiger partial charge in [0.1, 0.15) is 0 Å². The van der Waals surface area contributed by atoms with Gasteiger partial charge in [-0.25, -0.2) is 0 Å². The van der Waals surface area contributed by atoms with Gasteiger partial charge < -0.3 is 9.67 Å². The molecule has 2 heterocycles. The first-order chi connectivity index (χ1) is 15.7. The van der Waals surface area contributed by atoms with E-state index in [0.29, 0.717) is 12.0 Å². The number of aliphatic hydroxyl groups is 1. The lowest BCUT2D eigenvalue weighted by Crippen LogP contribution is -2.20. The van der Waals surface area contributed by atoms with Crippen molar-refractivity contribution < 1.29 is 5.11 Å². The number of hydrogen-bond acceptors (Lipinski definition) is 3. The van der Waals surface area contributed by atoms with E-state index < -0.39 is 0 Å². The number of nitrogens with zero attached hydrogens (tertiary/aromatic N) is 3. The molecule has 0 spiro atoms. The maximum Gasteiger partial charge on any atom is 0.0734 e. The summed E-state index contributed by atoms with van der Waals surface area (Å²) in [5.41, 5.74) is 7.56. The average molecular weight is 428 g/mol. The van der Waals surface area contributed by atoms with Crippen LogP contribution in [0.25, 0.3) is 16.5 Å². The van der Waals surface area contributed by atoms with Crippen molar-refractivity contribution in [3.05, 3.63) is 53.8 Å². The van der Waals surface area contributed by atoms with Crippen LogP contribution >= 0.6 is 0 Å². The Morgan fingerprint density at radius 1 is 1.00 bits per heavy atom. The molecule has 1 aromatic carbocycles. The van der Waals surface area contributed by atoms with E-state index in [1.54, 1.807) is 0 Å². The van der Waals surface area contributed by atoms with E-state index in [0.717, 1.165) is 56.6 Å². The van der Waals surface area contributed by atoms with Crippen LogP contribution in [0.3, 0.4) is 0 Å². The molecule has 1 unspecified atom stereocenters. The summed E-state index contributed by atoms with van der Waals surface area (Å²) in [6.07, 6.45) is 16.8. The summed E-state index contributed by atoms with van der Waals surface area (Å²) in [7, 11) is 0. The smallest absolute Gasteiger partial charge is 0.0734 e. The van der Waals surface area contributed by atoms with Crippen LogP contribution in [0.15, 0.2) is 58.4 Å². The van der Waals surface area contributed by atoms with Crippen LogP contribution in [-0.4, -0.2) is 27.2 Å². The highest BCUT2D eigenvalue weighted by atomic mass is 16.3. The normalized spacial score (nSPS) is 28.4. The zero-order valence-corrected chi connectivity index (χ0v) is 19.0. The van der Waals surface area contributed by atoms with E-state index >= 15 is 0 Å². The minimum atomic E-state index is -0.113. The molecule has 0 radical (unpaired) electrons. The predicted octanol–water partition coefficient (Wildman–Crippen LogP) is 6.47. The molecule has 166 valence electrons. The minimum absolute atomic E-state index is 0.113. The lowest BCUT2D eigenvalue weighted by molar-refractivity contribution is 0.111. The average Bonchev–Trinajstić information content (AvgIpc) is 3.56. The lowest BCUT2D eigenvalue weighted by atomic mass is 9.83.